The van der Waals surface area contributed by atoms with Crippen molar-refractivity contribution < 1.29 is 14.3 Å². The maximum absolute atomic E-state index is 11.1. The quantitative estimate of drug-likeness (QED) is 0.587. The van der Waals surface area contributed by atoms with Crippen molar-refractivity contribution in [2.45, 2.75) is 20.4 Å². The number of ether oxygens (including phenoxy) is 2. The Morgan fingerprint density at radius 1 is 0.966 bits per heavy atom. The summed E-state index contributed by atoms with van der Waals surface area (Å²) in [5, 5.41) is 9.32. The van der Waals surface area contributed by atoms with E-state index in [1.54, 1.807) is 0 Å². The van der Waals surface area contributed by atoms with E-state index in [4.69, 9.17) is 9.47 Å². The number of nitrogens with zero attached hydrogens (tertiary/aromatic N) is 2. The van der Waals surface area contributed by atoms with Gasteiger partial charge in [0.1, 0.15) is 17.5 Å². The lowest BCUT2D eigenvalue weighted by atomic mass is 10.2. The molecule has 1 aliphatic rings. The largest absolute Gasteiger partial charge is 0.454 e. The zero-order valence-electron chi connectivity index (χ0n) is 16.2. The van der Waals surface area contributed by atoms with Crippen LogP contribution in [-0.2, 0) is 11.3 Å². The maximum atomic E-state index is 11.1. The van der Waals surface area contributed by atoms with Crippen LogP contribution in [0.3, 0.4) is 0 Å². The molecule has 2 heterocycles. The van der Waals surface area contributed by atoms with Crippen molar-refractivity contribution in [3.63, 3.8) is 0 Å². The van der Waals surface area contributed by atoms with Gasteiger partial charge in [-0.3, -0.25) is 4.79 Å². The summed E-state index contributed by atoms with van der Waals surface area (Å²) in [6, 6.07) is 15.1. The molecule has 0 bridgehead atoms. The first-order chi connectivity index (χ1) is 14.0. The Bertz CT molecular complexity index is 1040. The van der Waals surface area contributed by atoms with Crippen LogP contribution in [0.25, 0.3) is 0 Å². The van der Waals surface area contributed by atoms with Crippen LogP contribution >= 0.6 is 0 Å². The van der Waals surface area contributed by atoms with E-state index in [1.807, 2.05) is 55.5 Å². The van der Waals surface area contributed by atoms with Gasteiger partial charge >= 0.3 is 0 Å². The van der Waals surface area contributed by atoms with Crippen LogP contribution in [0.15, 0.2) is 48.5 Å². The van der Waals surface area contributed by atoms with Crippen molar-refractivity contribution >= 4 is 28.9 Å². The highest BCUT2D eigenvalue weighted by Gasteiger charge is 2.13. The highest BCUT2D eigenvalue weighted by atomic mass is 16.7. The molecule has 1 aromatic heterocycles. The fourth-order valence-corrected chi connectivity index (χ4v) is 2.95. The number of hydrogen-bond acceptors (Lipinski definition) is 7. The molecule has 0 fully saturated rings. The maximum Gasteiger partial charge on any atom is 0.231 e. The summed E-state index contributed by atoms with van der Waals surface area (Å²) < 4.78 is 10.8. The van der Waals surface area contributed by atoms with Crippen molar-refractivity contribution in [1.82, 2.24) is 9.97 Å². The summed E-state index contributed by atoms with van der Waals surface area (Å²) in [7, 11) is 0. The number of aryl methyl sites for hydroxylation is 1. The van der Waals surface area contributed by atoms with Gasteiger partial charge in [-0.1, -0.05) is 6.07 Å². The number of carbonyl (C=O) groups is 1. The molecule has 0 saturated heterocycles. The molecule has 0 unspecified atom stereocenters. The number of carbonyl (C=O) groups excluding carboxylic acids is 1. The lowest BCUT2D eigenvalue weighted by molar-refractivity contribution is -0.114. The smallest absolute Gasteiger partial charge is 0.231 e. The zero-order valence-corrected chi connectivity index (χ0v) is 16.2. The minimum atomic E-state index is -0.102. The van der Waals surface area contributed by atoms with Crippen LogP contribution in [0, 0.1) is 6.92 Å². The van der Waals surface area contributed by atoms with Gasteiger partial charge in [-0.25, -0.2) is 9.97 Å². The summed E-state index contributed by atoms with van der Waals surface area (Å²) in [6.07, 6.45) is 0. The summed E-state index contributed by atoms with van der Waals surface area (Å²) in [4.78, 5) is 20.0. The average molecular weight is 391 g/mol. The third-order valence-corrected chi connectivity index (χ3v) is 4.23. The van der Waals surface area contributed by atoms with Gasteiger partial charge in [0.2, 0.25) is 12.7 Å². The molecule has 3 aromatic rings. The second-order valence-electron chi connectivity index (χ2n) is 6.61. The van der Waals surface area contributed by atoms with E-state index in [2.05, 4.69) is 25.9 Å². The predicted octanol–water partition coefficient (Wildman–Crippen LogP) is 3.83. The Labute approximate surface area is 168 Å². The zero-order chi connectivity index (χ0) is 20.2. The molecule has 1 amide bonds. The first-order valence-electron chi connectivity index (χ1n) is 9.18. The summed E-state index contributed by atoms with van der Waals surface area (Å²) in [5.74, 6) is 3.47. The molecular weight excluding hydrogens is 370 g/mol. The van der Waals surface area contributed by atoms with Crippen molar-refractivity contribution in [3.05, 3.63) is 59.9 Å². The number of fused-ring (bicyclic) bond motifs is 1. The van der Waals surface area contributed by atoms with Crippen LogP contribution in [-0.4, -0.2) is 22.7 Å². The molecule has 148 valence electrons. The summed E-state index contributed by atoms with van der Waals surface area (Å²) in [5.41, 5.74) is 2.67. The van der Waals surface area contributed by atoms with Gasteiger partial charge in [0.05, 0.1) is 0 Å². The van der Waals surface area contributed by atoms with Crippen LogP contribution in [0.1, 0.15) is 18.3 Å². The van der Waals surface area contributed by atoms with Gasteiger partial charge < -0.3 is 25.4 Å². The van der Waals surface area contributed by atoms with E-state index in [1.165, 1.54) is 6.92 Å². The standard InChI is InChI=1S/C21H21N5O3/c1-13-23-20(22-11-15-3-8-18-19(9-15)29-12-28-18)10-21(24-13)26-17-6-4-16(5-7-17)25-14(2)27/h3-10H,11-12H2,1-2H3,(H,25,27)(H2,22,23,24,26). The SMILES string of the molecule is CC(=O)Nc1ccc(Nc2cc(NCc3ccc4c(c3)OCO4)nc(C)n2)cc1. The Kier molecular flexibility index (Phi) is 5.15. The van der Waals surface area contributed by atoms with E-state index in [0.717, 1.165) is 28.4 Å². The third-order valence-electron chi connectivity index (χ3n) is 4.23. The first-order valence-corrected chi connectivity index (χ1v) is 9.18. The molecule has 1 aliphatic heterocycles. The van der Waals surface area contributed by atoms with Crippen LogP contribution < -0.4 is 25.4 Å². The van der Waals surface area contributed by atoms with Crippen molar-refractivity contribution in [1.29, 1.82) is 0 Å². The highest BCUT2D eigenvalue weighted by molar-refractivity contribution is 5.88. The van der Waals surface area contributed by atoms with Gasteiger partial charge in [0.25, 0.3) is 0 Å². The van der Waals surface area contributed by atoms with E-state index in [9.17, 15) is 4.79 Å². The number of nitrogens with one attached hydrogen (secondary N) is 3. The number of hydrogen-bond donors (Lipinski definition) is 3. The van der Waals surface area contributed by atoms with Crippen LogP contribution in [0.5, 0.6) is 11.5 Å². The molecule has 8 heteroatoms. The number of benzene rings is 2. The Balaban J connectivity index is 1.42. The van der Waals surface area contributed by atoms with Crippen LogP contribution in [0.2, 0.25) is 0 Å². The fraction of sp³-hybridized carbons (Fsp3) is 0.190. The minimum Gasteiger partial charge on any atom is -0.454 e. The topological polar surface area (TPSA) is 97.4 Å². The van der Waals surface area contributed by atoms with E-state index >= 15 is 0 Å². The molecule has 0 saturated carbocycles. The molecule has 3 N–H and O–H groups in total. The summed E-state index contributed by atoms with van der Waals surface area (Å²) >= 11 is 0. The van der Waals surface area contributed by atoms with E-state index in [-0.39, 0.29) is 12.7 Å². The van der Waals surface area contributed by atoms with Crippen LogP contribution in [0.4, 0.5) is 23.0 Å². The molecule has 0 radical (unpaired) electrons. The monoisotopic (exact) mass is 391 g/mol. The fourth-order valence-electron chi connectivity index (χ4n) is 2.95. The van der Waals surface area contributed by atoms with Gasteiger partial charge in [0, 0.05) is 30.9 Å². The molecule has 2 aromatic carbocycles. The number of anilines is 4. The molecule has 0 atom stereocenters. The van der Waals surface area contributed by atoms with Gasteiger partial charge in [-0.2, -0.15) is 0 Å². The van der Waals surface area contributed by atoms with Crippen molar-refractivity contribution in [2.75, 3.05) is 22.7 Å². The Morgan fingerprint density at radius 3 is 2.48 bits per heavy atom. The normalized spacial score (nSPS) is 11.8. The van der Waals surface area contributed by atoms with E-state index < -0.39 is 0 Å². The molecule has 29 heavy (non-hydrogen) atoms. The third kappa shape index (κ3) is 4.73. The second-order valence-corrected chi connectivity index (χ2v) is 6.61. The number of rotatable bonds is 6. The molecule has 8 nitrogen and oxygen atoms in total. The summed E-state index contributed by atoms with van der Waals surface area (Å²) in [6.45, 7) is 4.18. The Hall–Kier alpha value is -3.81. The molecule has 4 rings (SSSR count). The Morgan fingerprint density at radius 2 is 1.69 bits per heavy atom. The lowest BCUT2D eigenvalue weighted by Crippen LogP contribution is -2.06. The minimum absolute atomic E-state index is 0.102. The second kappa shape index (κ2) is 8.05. The highest BCUT2D eigenvalue weighted by Crippen LogP contribution is 2.32. The first kappa shape index (κ1) is 18.5. The number of aromatic nitrogens is 2. The van der Waals surface area contributed by atoms with Gasteiger partial charge in [0.15, 0.2) is 11.5 Å². The van der Waals surface area contributed by atoms with Gasteiger partial charge in [-0.05, 0) is 48.9 Å². The molecule has 0 spiro atoms. The van der Waals surface area contributed by atoms with Gasteiger partial charge in [-0.15, -0.1) is 0 Å². The van der Waals surface area contributed by atoms with Crippen molar-refractivity contribution in [3.8, 4) is 11.5 Å². The number of amides is 1. The predicted molar refractivity (Wildman–Crippen MR) is 111 cm³/mol. The average Bonchev–Trinajstić information content (AvgIpc) is 3.15. The molecular formula is C21H21N5O3. The lowest BCUT2D eigenvalue weighted by Gasteiger charge is -2.11. The van der Waals surface area contributed by atoms with Crippen molar-refractivity contribution in [2.24, 2.45) is 0 Å². The van der Waals surface area contributed by atoms with E-state index in [0.29, 0.717) is 24.0 Å². The molecule has 0 aliphatic carbocycles.